The molecule has 30 heavy (non-hydrogen) atoms. The van der Waals surface area contributed by atoms with E-state index in [4.69, 9.17) is 14.5 Å². The molecule has 2 N–H and O–H groups in total. The van der Waals surface area contributed by atoms with E-state index in [9.17, 15) is 0 Å². The van der Waals surface area contributed by atoms with Crippen LogP contribution >= 0.6 is 12.4 Å². The smallest absolute Gasteiger partial charge is 0.161 e. The monoisotopic (exact) mass is 433 g/mol. The lowest BCUT2D eigenvalue weighted by atomic mass is 9.96. The number of alkyl halides is 1. The van der Waals surface area contributed by atoms with Gasteiger partial charge in [0.1, 0.15) is 11.2 Å². The van der Waals surface area contributed by atoms with Gasteiger partial charge in [-0.15, -0.1) is 12.4 Å². The summed E-state index contributed by atoms with van der Waals surface area (Å²) >= 11 is 0. The average molecular weight is 434 g/mol. The summed E-state index contributed by atoms with van der Waals surface area (Å²) in [5, 5.41) is 6.29. The molecular weight excluding hydrogens is 409 g/mol. The third-order valence-electron chi connectivity index (χ3n) is 5.13. The fourth-order valence-electron chi connectivity index (χ4n) is 3.56. The fraction of sp³-hybridized carbons (Fsp3) is 0.381. The topological polar surface area (TPSA) is 81.2 Å². The number of hydrogen-bond acceptors (Lipinski definition) is 7. The lowest BCUT2D eigenvalue weighted by molar-refractivity contribution is 0.137. The number of piperidine rings is 1. The van der Waals surface area contributed by atoms with Gasteiger partial charge in [0, 0.05) is 24.5 Å². The van der Waals surface area contributed by atoms with Gasteiger partial charge < -0.3 is 20.1 Å². The number of ether oxygens (including phenoxy) is 2. The summed E-state index contributed by atoms with van der Waals surface area (Å²) in [6, 6.07) is 7.45. The zero-order valence-electron chi connectivity index (χ0n) is 16.9. The number of aromatic nitrogens is 3. The van der Waals surface area contributed by atoms with E-state index in [0.717, 1.165) is 18.5 Å². The molecule has 1 saturated heterocycles. The van der Waals surface area contributed by atoms with Crippen molar-refractivity contribution >= 4 is 29.3 Å². The van der Waals surface area contributed by atoms with Crippen LogP contribution in [0.3, 0.4) is 0 Å². The number of anilines is 1. The number of fused-ring (bicyclic) bond motifs is 1. The van der Waals surface area contributed by atoms with Gasteiger partial charge in [-0.3, -0.25) is 4.98 Å². The van der Waals surface area contributed by atoms with Gasteiger partial charge in [0.25, 0.3) is 0 Å². The van der Waals surface area contributed by atoms with Crippen molar-refractivity contribution in [3.8, 4) is 22.8 Å². The molecule has 0 saturated carbocycles. The van der Waals surface area contributed by atoms with E-state index in [-0.39, 0.29) is 19.0 Å². The molecule has 1 aromatic carbocycles. The molecule has 1 atom stereocenters. The summed E-state index contributed by atoms with van der Waals surface area (Å²) < 4.78 is 25.8. The number of benzene rings is 1. The molecule has 4 rings (SSSR count). The molecule has 0 amide bonds. The Morgan fingerprint density at radius 1 is 1.13 bits per heavy atom. The molecule has 2 aromatic heterocycles. The van der Waals surface area contributed by atoms with E-state index in [0.29, 0.717) is 47.0 Å². The van der Waals surface area contributed by atoms with Gasteiger partial charge in [0.15, 0.2) is 17.3 Å². The molecular formula is C21H25ClFN5O2. The normalized spacial score (nSPS) is 18.5. The van der Waals surface area contributed by atoms with Gasteiger partial charge in [-0.05, 0) is 43.7 Å². The van der Waals surface area contributed by atoms with E-state index >= 15 is 4.39 Å². The molecule has 0 aliphatic carbocycles. The second kappa shape index (κ2) is 9.40. The number of hydrogen-bond donors (Lipinski definition) is 2. The maximum absolute atomic E-state index is 15.0. The van der Waals surface area contributed by atoms with Crippen LogP contribution in [0.4, 0.5) is 10.2 Å². The first kappa shape index (κ1) is 22.0. The first-order chi connectivity index (χ1) is 14.1. The molecule has 3 heterocycles. The van der Waals surface area contributed by atoms with E-state index in [1.54, 1.807) is 26.6 Å². The third kappa shape index (κ3) is 4.55. The average Bonchev–Trinajstić information content (AvgIpc) is 2.77. The molecule has 0 radical (unpaired) electrons. The number of nitrogens with one attached hydrogen (secondary N) is 2. The van der Waals surface area contributed by atoms with Crippen LogP contribution in [0.2, 0.25) is 0 Å². The standard InChI is InChI=1S/C21H24FN5O2.ClH/c1-28-17-5-4-14(10-18(17)29-2)15-11-16-19(25-9-8-24-16)20(27-15)26-13-21(22)6-3-7-23-12-21;/h4-5,8-11,23H,3,6-7,12-13H2,1-2H3,(H,26,27);1H/t21-;/m0./s1. The van der Waals surface area contributed by atoms with Gasteiger partial charge in [-0.2, -0.15) is 0 Å². The predicted molar refractivity (Wildman–Crippen MR) is 118 cm³/mol. The van der Waals surface area contributed by atoms with Crippen molar-refractivity contribution in [1.29, 1.82) is 0 Å². The summed E-state index contributed by atoms with van der Waals surface area (Å²) in [6.45, 7) is 1.35. The Labute approximate surface area is 180 Å². The van der Waals surface area contributed by atoms with E-state index < -0.39 is 5.67 Å². The highest BCUT2D eigenvalue weighted by atomic mass is 35.5. The quantitative estimate of drug-likeness (QED) is 0.614. The van der Waals surface area contributed by atoms with Crippen molar-refractivity contribution in [3.63, 3.8) is 0 Å². The van der Waals surface area contributed by atoms with E-state index in [1.807, 2.05) is 24.3 Å². The second-order valence-electron chi connectivity index (χ2n) is 7.13. The highest BCUT2D eigenvalue weighted by molar-refractivity contribution is 5.88. The Balaban J connectivity index is 0.00000256. The van der Waals surface area contributed by atoms with Crippen molar-refractivity contribution in [1.82, 2.24) is 20.3 Å². The molecule has 1 fully saturated rings. The van der Waals surface area contributed by atoms with Crippen LogP contribution in [0.15, 0.2) is 36.7 Å². The Hall–Kier alpha value is -2.71. The lowest BCUT2D eigenvalue weighted by Crippen LogP contribution is -2.46. The number of pyridine rings is 1. The van der Waals surface area contributed by atoms with Crippen LogP contribution in [0.1, 0.15) is 12.8 Å². The maximum Gasteiger partial charge on any atom is 0.161 e. The summed E-state index contributed by atoms with van der Waals surface area (Å²) in [5.41, 5.74) is 1.52. The van der Waals surface area contributed by atoms with Crippen LogP contribution in [-0.4, -0.2) is 54.5 Å². The summed E-state index contributed by atoms with van der Waals surface area (Å²) in [6.07, 6.45) is 4.58. The molecule has 0 bridgehead atoms. The van der Waals surface area contributed by atoms with Crippen molar-refractivity contribution in [2.75, 3.05) is 39.2 Å². The van der Waals surface area contributed by atoms with Crippen LogP contribution in [0.5, 0.6) is 11.5 Å². The minimum Gasteiger partial charge on any atom is -0.493 e. The second-order valence-corrected chi connectivity index (χ2v) is 7.13. The Kier molecular flexibility index (Phi) is 6.89. The largest absolute Gasteiger partial charge is 0.493 e. The molecule has 1 aliphatic heterocycles. The number of halogens is 2. The summed E-state index contributed by atoms with van der Waals surface area (Å²) in [7, 11) is 3.18. The summed E-state index contributed by atoms with van der Waals surface area (Å²) in [5.74, 6) is 1.76. The fourth-order valence-corrected chi connectivity index (χ4v) is 3.56. The summed E-state index contributed by atoms with van der Waals surface area (Å²) in [4.78, 5) is 13.5. The van der Waals surface area contributed by atoms with Crippen molar-refractivity contribution in [2.24, 2.45) is 0 Å². The van der Waals surface area contributed by atoms with Gasteiger partial charge in [-0.1, -0.05) is 0 Å². The van der Waals surface area contributed by atoms with Crippen LogP contribution in [0, 0.1) is 0 Å². The molecule has 0 unspecified atom stereocenters. The van der Waals surface area contributed by atoms with Crippen molar-refractivity contribution in [3.05, 3.63) is 36.7 Å². The highest BCUT2D eigenvalue weighted by Gasteiger charge is 2.31. The predicted octanol–water partition coefficient (Wildman–Crippen LogP) is 3.63. The highest BCUT2D eigenvalue weighted by Crippen LogP contribution is 2.33. The first-order valence-corrected chi connectivity index (χ1v) is 9.59. The third-order valence-corrected chi connectivity index (χ3v) is 5.13. The maximum atomic E-state index is 15.0. The van der Waals surface area contributed by atoms with Gasteiger partial charge in [0.2, 0.25) is 0 Å². The van der Waals surface area contributed by atoms with Crippen molar-refractivity contribution < 1.29 is 13.9 Å². The van der Waals surface area contributed by atoms with Crippen LogP contribution in [0.25, 0.3) is 22.3 Å². The molecule has 3 aromatic rings. The lowest BCUT2D eigenvalue weighted by Gasteiger charge is -2.30. The van der Waals surface area contributed by atoms with Crippen molar-refractivity contribution in [2.45, 2.75) is 18.5 Å². The molecule has 9 heteroatoms. The Morgan fingerprint density at radius 2 is 1.93 bits per heavy atom. The SMILES string of the molecule is COc1ccc(-c2cc3nccnc3c(NC[C@]3(F)CCCNC3)n2)cc1OC.Cl. The number of rotatable bonds is 6. The number of methoxy groups -OCH3 is 2. The minimum atomic E-state index is -1.31. The van der Waals surface area contributed by atoms with Gasteiger partial charge in [-0.25, -0.2) is 14.4 Å². The Morgan fingerprint density at radius 3 is 2.67 bits per heavy atom. The number of nitrogens with zero attached hydrogens (tertiary/aromatic N) is 3. The van der Waals surface area contributed by atoms with E-state index in [2.05, 4.69) is 20.6 Å². The Bertz CT molecular complexity index is 1010. The van der Waals surface area contributed by atoms with E-state index in [1.165, 1.54) is 0 Å². The molecule has 0 spiro atoms. The molecule has 160 valence electrons. The minimum absolute atomic E-state index is 0. The molecule has 7 nitrogen and oxygen atoms in total. The van der Waals surface area contributed by atoms with Gasteiger partial charge in [0.05, 0.1) is 32.0 Å². The first-order valence-electron chi connectivity index (χ1n) is 9.59. The zero-order chi connectivity index (χ0) is 20.3. The van der Waals surface area contributed by atoms with Crippen LogP contribution in [-0.2, 0) is 0 Å². The van der Waals surface area contributed by atoms with Crippen LogP contribution < -0.4 is 20.1 Å². The van der Waals surface area contributed by atoms with Gasteiger partial charge >= 0.3 is 0 Å². The molecule has 1 aliphatic rings. The zero-order valence-corrected chi connectivity index (χ0v) is 17.8.